The molecule has 0 aliphatic carbocycles. The zero-order chi connectivity index (χ0) is 19.4. The molecule has 1 aromatic carbocycles. The first-order chi connectivity index (χ1) is 12.9. The Bertz CT molecular complexity index is 849. The molecule has 1 aliphatic rings. The number of carbonyl (C=O) groups excluding carboxylic acids is 3. The van der Waals surface area contributed by atoms with Crippen LogP contribution in [0, 0.1) is 6.92 Å². The lowest BCUT2D eigenvalue weighted by Crippen LogP contribution is -2.35. The van der Waals surface area contributed by atoms with E-state index >= 15 is 0 Å². The topological polar surface area (TPSA) is 94.6 Å². The zero-order valence-corrected chi connectivity index (χ0v) is 16.0. The number of anilines is 2. The van der Waals surface area contributed by atoms with Gasteiger partial charge in [-0.2, -0.15) is 0 Å². The Morgan fingerprint density at radius 2 is 2.07 bits per heavy atom. The van der Waals surface area contributed by atoms with Gasteiger partial charge in [0.15, 0.2) is 5.13 Å². The Labute approximate surface area is 161 Å². The number of thiazole rings is 1. The molecule has 0 unspecified atom stereocenters. The van der Waals surface area contributed by atoms with Crippen molar-refractivity contribution in [1.82, 2.24) is 15.2 Å². The number of rotatable bonds is 6. The smallest absolute Gasteiger partial charge is 0.323 e. The quantitative estimate of drug-likeness (QED) is 0.787. The van der Waals surface area contributed by atoms with Gasteiger partial charge in [-0.1, -0.05) is 17.7 Å². The summed E-state index contributed by atoms with van der Waals surface area (Å²) >= 11 is 1.33. The highest BCUT2D eigenvalue weighted by Crippen LogP contribution is 2.22. The number of benzene rings is 1. The molecule has 0 radical (unpaired) electrons. The molecule has 142 valence electrons. The summed E-state index contributed by atoms with van der Waals surface area (Å²) in [5, 5.41) is 7.82. The maximum absolute atomic E-state index is 12.4. The van der Waals surface area contributed by atoms with Crippen molar-refractivity contribution in [3.63, 3.8) is 0 Å². The maximum atomic E-state index is 12.4. The minimum Gasteiger partial charge on any atom is -0.336 e. The van der Waals surface area contributed by atoms with E-state index in [1.807, 2.05) is 31.2 Å². The molecule has 8 nitrogen and oxygen atoms in total. The molecule has 2 N–H and O–H groups in total. The van der Waals surface area contributed by atoms with E-state index in [1.165, 1.54) is 16.2 Å². The first kappa shape index (κ1) is 18.8. The van der Waals surface area contributed by atoms with Crippen molar-refractivity contribution in [2.45, 2.75) is 13.3 Å². The molecule has 2 aromatic rings. The van der Waals surface area contributed by atoms with E-state index in [1.54, 1.807) is 17.3 Å². The molecular formula is C18H21N5O3S. The van der Waals surface area contributed by atoms with Gasteiger partial charge in [-0.15, -0.1) is 11.3 Å². The fraction of sp³-hybridized carbons (Fsp3) is 0.333. The minimum absolute atomic E-state index is 0.0434. The molecule has 1 fully saturated rings. The van der Waals surface area contributed by atoms with Gasteiger partial charge in [0.2, 0.25) is 11.8 Å². The SMILES string of the molecule is Cc1ccc(NC(=O)CN(C)C(=O)Cc2csc(N3CCNC3=O)n2)cc1. The molecule has 3 rings (SSSR count). The monoisotopic (exact) mass is 387 g/mol. The largest absolute Gasteiger partial charge is 0.336 e. The van der Waals surface area contributed by atoms with Gasteiger partial charge < -0.3 is 15.5 Å². The Balaban J connectivity index is 1.51. The standard InChI is InChI=1S/C18H21N5O3S/c1-12-3-5-13(6-4-12)20-15(24)10-22(2)16(25)9-14-11-27-18(21-14)23-8-7-19-17(23)26/h3-6,11H,7-10H2,1-2H3,(H,19,26)(H,20,24). The summed E-state index contributed by atoms with van der Waals surface area (Å²) in [5.74, 6) is -0.473. The molecule has 1 aromatic heterocycles. The second-order valence-electron chi connectivity index (χ2n) is 6.35. The Morgan fingerprint density at radius 3 is 2.74 bits per heavy atom. The molecule has 0 atom stereocenters. The first-order valence-corrected chi connectivity index (χ1v) is 9.40. The van der Waals surface area contributed by atoms with E-state index in [0.29, 0.717) is 29.6 Å². The summed E-state index contributed by atoms with van der Waals surface area (Å²) in [5.41, 5.74) is 2.39. The van der Waals surface area contributed by atoms with Gasteiger partial charge in [-0.05, 0) is 19.1 Å². The molecule has 0 spiro atoms. The summed E-state index contributed by atoms with van der Waals surface area (Å²) in [6, 6.07) is 7.28. The fourth-order valence-electron chi connectivity index (χ4n) is 2.59. The van der Waals surface area contributed by atoms with Gasteiger partial charge in [0, 0.05) is 31.2 Å². The van der Waals surface area contributed by atoms with Crippen molar-refractivity contribution >= 4 is 40.0 Å². The van der Waals surface area contributed by atoms with Gasteiger partial charge in [0.25, 0.3) is 0 Å². The van der Waals surface area contributed by atoms with Gasteiger partial charge in [-0.3, -0.25) is 14.5 Å². The van der Waals surface area contributed by atoms with Crippen LogP contribution in [0.2, 0.25) is 0 Å². The van der Waals surface area contributed by atoms with Crippen LogP contribution in [0.5, 0.6) is 0 Å². The summed E-state index contributed by atoms with van der Waals surface area (Å²) in [4.78, 5) is 43.4. The second kappa shape index (κ2) is 8.17. The third-order valence-corrected chi connectivity index (χ3v) is 5.01. The second-order valence-corrected chi connectivity index (χ2v) is 7.18. The number of carbonyl (C=O) groups is 3. The van der Waals surface area contributed by atoms with Crippen LogP contribution in [-0.2, 0) is 16.0 Å². The van der Waals surface area contributed by atoms with Crippen LogP contribution < -0.4 is 15.5 Å². The van der Waals surface area contributed by atoms with Crippen LogP contribution in [0.15, 0.2) is 29.6 Å². The third kappa shape index (κ3) is 4.82. The molecule has 1 saturated heterocycles. The number of nitrogens with zero attached hydrogens (tertiary/aromatic N) is 3. The fourth-order valence-corrected chi connectivity index (χ4v) is 3.44. The van der Waals surface area contributed by atoms with Crippen LogP contribution in [0.4, 0.5) is 15.6 Å². The number of amides is 4. The number of aromatic nitrogens is 1. The summed E-state index contributed by atoms with van der Waals surface area (Å²) < 4.78 is 0. The number of nitrogens with one attached hydrogen (secondary N) is 2. The lowest BCUT2D eigenvalue weighted by molar-refractivity contribution is -0.132. The van der Waals surface area contributed by atoms with Crippen molar-refractivity contribution in [3.8, 4) is 0 Å². The molecule has 1 aliphatic heterocycles. The first-order valence-electron chi connectivity index (χ1n) is 8.52. The van der Waals surface area contributed by atoms with Gasteiger partial charge in [0.1, 0.15) is 0 Å². The summed E-state index contributed by atoms with van der Waals surface area (Å²) in [7, 11) is 1.58. The van der Waals surface area contributed by atoms with Crippen molar-refractivity contribution < 1.29 is 14.4 Å². The average Bonchev–Trinajstić information content (AvgIpc) is 3.25. The number of aryl methyl sites for hydroxylation is 1. The minimum atomic E-state index is -0.262. The molecule has 2 heterocycles. The Hall–Kier alpha value is -2.94. The molecule has 0 bridgehead atoms. The van der Waals surface area contributed by atoms with E-state index < -0.39 is 0 Å². The normalized spacial score (nSPS) is 13.4. The van der Waals surface area contributed by atoms with E-state index in [-0.39, 0.29) is 30.8 Å². The van der Waals surface area contributed by atoms with Crippen LogP contribution in [0.1, 0.15) is 11.3 Å². The van der Waals surface area contributed by atoms with Crippen molar-refractivity contribution in [2.75, 3.05) is 36.9 Å². The predicted octanol–water partition coefficient (Wildman–Crippen LogP) is 1.62. The van der Waals surface area contributed by atoms with Crippen LogP contribution >= 0.6 is 11.3 Å². The summed E-state index contributed by atoms with van der Waals surface area (Å²) in [6.07, 6.45) is 0.0836. The zero-order valence-electron chi connectivity index (χ0n) is 15.2. The highest BCUT2D eigenvalue weighted by Gasteiger charge is 2.24. The van der Waals surface area contributed by atoms with Crippen LogP contribution in [0.25, 0.3) is 0 Å². The van der Waals surface area contributed by atoms with E-state index in [0.717, 1.165) is 5.56 Å². The lowest BCUT2D eigenvalue weighted by atomic mass is 10.2. The van der Waals surface area contributed by atoms with Crippen LogP contribution in [-0.4, -0.2) is 54.4 Å². The highest BCUT2D eigenvalue weighted by atomic mass is 32.1. The van der Waals surface area contributed by atoms with Gasteiger partial charge >= 0.3 is 6.03 Å². The number of likely N-dealkylation sites (N-methyl/N-ethyl adjacent to an activating group) is 1. The summed E-state index contributed by atoms with van der Waals surface area (Å²) in [6.45, 7) is 3.08. The maximum Gasteiger partial charge on any atom is 0.323 e. The van der Waals surface area contributed by atoms with E-state index in [4.69, 9.17) is 0 Å². The molecule has 0 saturated carbocycles. The molecule has 9 heteroatoms. The van der Waals surface area contributed by atoms with Crippen LogP contribution in [0.3, 0.4) is 0 Å². The number of hydrogen-bond donors (Lipinski definition) is 2. The van der Waals surface area contributed by atoms with Gasteiger partial charge in [-0.25, -0.2) is 9.78 Å². The van der Waals surface area contributed by atoms with Gasteiger partial charge in [0.05, 0.1) is 18.7 Å². The third-order valence-electron chi connectivity index (χ3n) is 4.10. The highest BCUT2D eigenvalue weighted by molar-refractivity contribution is 7.14. The Kier molecular flexibility index (Phi) is 5.70. The van der Waals surface area contributed by atoms with E-state index in [2.05, 4.69) is 15.6 Å². The average molecular weight is 387 g/mol. The van der Waals surface area contributed by atoms with Crippen molar-refractivity contribution in [3.05, 3.63) is 40.9 Å². The Morgan fingerprint density at radius 1 is 1.33 bits per heavy atom. The lowest BCUT2D eigenvalue weighted by Gasteiger charge is -2.16. The van der Waals surface area contributed by atoms with Crippen molar-refractivity contribution in [1.29, 1.82) is 0 Å². The molecule has 27 heavy (non-hydrogen) atoms. The van der Waals surface area contributed by atoms with Crippen molar-refractivity contribution in [2.24, 2.45) is 0 Å². The van der Waals surface area contributed by atoms with E-state index in [9.17, 15) is 14.4 Å². The molecular weight excluding hydrogens is 366 g/mol. The molecule has 4 amide bonds. The number of hydrogen-bond acceptors (Lipinski definition) is 5. The number of urea groups is 1. The predicted molar refractivity (Wildman–Crippen MR) is 104 cm³/mol.